The van der Waals surface area contributed by atoms with Gasteiger partial charge in [-0.2, -0.15) is 4.98 Å². The Morgan fingerprint density at radius 2 is 1.67 bits per heavy atom. The second-order valence-electron chi connectivity index (χ2n) is 4.97. The fourth-order valence-electron chi connectivity index (χ4n) is 2.32. The number of para-hydroxylation sites is 1. The van der Waals surface area contributed by atoms with Crippen molar-refractivity contribution in [1.29, 1.82) is 0 Å². The van der Waals surface area contributed by atoms with Gasteiger partial charge in [0.1, 0.15) is 5.82 Å². The molecule has 0 saturated heterocycles. The maximum Gasteiger partial charge on any atom is 0.225 e. The van der Waals surface area contributed by atoms with E-state index in [0.29, 0.717) is 11.8 Å². The second-order valence-corrected chi connectivity index (χ2v) is 4.97. The van der Waals surface area contributed by atoms with E-state index >= 15 is 0 Å². The van der Waals surface area contributed by atoms with Gasteiger partial charge in [-0.25, -0.2) is 4.98 Å². The molecule has 0 aliphatic rings. The Labute approximate surface area is 124 Å². The molecule has 21 heavy (non-hydrogen) atoms. The molecule has 0 unspecified atom stereocenters. The molecule has 0 amide bonds. The summed E-state index contributed by atoms with van der Waals surface area (Å²) in [5.41, 5.74) is 8.18. The van der Waals surface area contributed by atoms with E-state index in [9.17, 15) is 0 Å². The molecule has 1 aromatic heterocycles. The predicted octanol–water partition coefficient (Wildman–Crippen LogP) is 3.26. The van der Waals surface area contributed by atoms with Crippen LogP contribution in [-0.2, 0) is 6.42 Å². The standard InChI is InChI=1S/C17H18N4/c18-16-14-10-4-5-11-15(14)20-17(21-16)19-12-6-9-13-7-2-1-3-8-13/h1-5,7-8,10-11H,6,9,12H2,(H3,18,19,20,21). The van der Waals surface area contributed by atoms with Gasteiger partial charge < -0.3 is 11.1 Å². The first-order chi connectivity index (χ1) is 10.3. The Bertz CT molecular complexity index is 725. The average molecular weight is 278 g/mol. The van der Waals surface area contributed by atoms with Gasteiger partial charge >= 0.3 is 0 Å². The van der Waals surface area contributed by atoms with Gasteiger partial charge in [0.05, 0.1) is 5.52 Å². The molecule has 0 spiro atoms. The molecule has 106 valence electrons. The number of anilines is 2. The maximum absolute atomic E-state index is 5.96. The van der Waals surface area contributed by atoms with Crippen LogP contribution < -0.4 is 11.1 Å². The fourth-order valence-corrected chi connectivity index (χ4v) is 2.32. The molecule has 3 aromatic rings. The van der Waals surface area contributed by atoms with Crippen molar-refractivity contribution >= 4 is 22.7 Å². The number of nitrogens with zero attached hydrogens (tertiary/aromatic N) is 2. The van der Waals surface area contributed by atoms with Crippen LogP contribution in [0, 0.1) is 0 Å². The summed E-state index contributed by atoms with van der Waals surface area (Å²) in [6.07, 6.45) is 2.07. The minimum Gasteiger partial charge on any atom is -0.383 e. The zero-order valence-electron chi connectivity index (χ0n) is 11.8. The lowest BCUT2D eigenvalue weighted by atomic mass is 10.1. The predicted molar refractivity (Wildman–Crippen MR) is 87.2 cm³/mol. The molecule has 4 nitrogen and oxygen atoms in total. The first-order valence-corrected chi connectivity index (χ1v) is 7.13. The quantitative estimate of drug-likeness (QED) is 0.703. The van der Waals surface area contributed by atoms with Crippen LogP contribution in [0.25, 0.3) is 10.9 Å². The molecule has 0 atom stereocenters. The lowest BCUT2D eigenvalue weighted by molar-refractivity contribution is 0.854. The number of fused-ring (bicyclic) bond motifs is 1. The molecule has 3 N–H and O–H groups in total. The van der Waals surface area contributed by atoms with Gasteiger partial charge in [0.25, 0.3) is 0 Å². The van der Waals surface area contributed by atoms with Crippen LogP contribution in [0.4, 0.5) is 11.8 Å². The summed E-state index contributed by atoms with van der Waals surface area (Å²) in [5.74, 6) is 1.12. The van der Waals surface area contributed by atoms with Gasteiger partial charge in [0.2, 0.25) is 5.95 Å². The lowest BCUT2D eigenvalue weighted by Gasteiger charge is -2.07. The zero-order chi connectivity index (χ0) is 14.5. The number of benzene rings is 2. The number of aromatic nitrogens is 2. The van der Waals surface area contributed by atoms with E-state index < -0.39 is 0 Å². The Kier molecular flexibility index (Phi) is 3.96. The van der Waals surface area contributed by atoms with Crippen LogP contribution in [0.2, 0.25) is 0 Å². The first-order valence-electron chi connectivity index (χ1n) is 7.13. The zero-order valence-corrected chi connectivity index (χ0v) is 11.8. The van der Waals surface area contributed by atoms with E-state index in [4.69, 9.17) is 5.73 Å². The molecule has 2 aromatic carbocycles. The number of aryl methyl sites for hydroxylation is 1. The van der Waals surface area contributed by atoms with Crippen LogP contribution in [0.5, 0.6) is 0 Å². The Morgan fingerprint density at radius 1 is 0.905 bits per heavy atom. The third kappa shape index (κ3) is 3.28. The Balaban J connectivity index is 1.60. The molecular formula is C17H18N4. The van der Waals surface area contributed by atoms with E-state index in [1.807, 2.05) is 30.3 Å². The van der Waals surface area contributed by atoms with Crippen molar-refractivity contribution in [3.05, 3.63) is 60.2 Å². The van der Waals surface area contributed by atoms with Crippen LogP contribution in [0.3, 0.4) is 0 Å². The van der Waals surface area contributed by atoms with Gasteiger partial charge in [-0.15, -0.1) is 0 Å². The summed E-state index contributed by atoms with van der Waals surface area (Å²) >= 11 is 0. The van der Waals surface area contributed by atoms with Gasteiger partial charge in [-0.3, -0.25) is 0 Å². The molecule has 3 rings (SSSR count). The molecule has 1 heterocycles. The van der Waals surface area contributed by atoms with E-state index in [1.54, 1.807) is 0 Å². The molecule has 0 bridgehead atoms. The van der Waals surface area contributed by atoms with Crippen molar-refractivity contribution in [3.63, 3.8) is 0 Å². The number of hydrogen-bond donors (Lipinski definition) is 2. The summed E-state index contributed by atoms with van der Waals surface area (Å²) in [6.45, 7) is 0.826. The number of hydrogen-bond acceptors (Lipinski definition) is 4. The SMILES string of the molecule is Nc1nc(NCCCc2ccccc2)nc2ccccc12. The third-order valence-electron chi connectivity index (χ3n) is 3.40. The third-order valence-corrected chi connectivity index (χ3v) is 3.40. The van der Waals surface area contributed by atoms with Crippen LogP contribution in [0.15, 0.2) is 54.6 Å². The monoisotopic (exact) mass is 278 g/mol. The normalized spacial score (nSPS) is 10.7. The highest BCUT2D eigenvalue weighted by Crippen LogP contribution is 2.18. The van der Waals surface area contributed by atoms with Gasteiger partial charge in [0.15, 0.2) is 0 Å². The summed E-state index contributed by atoms with van der Waals surface area (Å²) < 4.78 is 0. The van der Waals surface area contributed by atoms with Crippen molar-refractivity contribution in [3.8, 4) is 0 Å². The van der Waals surface area contributed by atoms with Crippen molar-refractivity contribution in [2.75, 3.05) is 17.6 Å². The maximum atomic E-state index is 5.96. The fraction of sp³-hybridized carbons (Fsp3) is 0.176. The minimum absolute atomic E-state index is 0.520. The smallest absolute Gasteiger partial charge is 0.225 e. The highest BCUT2D eigenvalue weighted by Gasteiger charge is 2.03. The molecule has 0 fully saturated rings. The summed E-state index contributed by atoms with van der Waals surface area (Å²) in [6, 6.07) is 18.2. The summed E-state index contributed by atoms with van der Waals surface area (Å²) in [5, 5.41) is 4.14. The number of rotatable bonds is 5. The van der Waals surface area contributed by atoms with Crippen molar-refractivity contribution in [2.24, 2.45) is 0 Å². The molecule has 0 radical (unpaired) electrons. The largest absolute Gasteiger partial charge is 0.383 e. The average Bonchev–Trinajstić information content (AvgIpc) is 2.53. The summed E-state index contributed by atoms with van der Waals surface area (Å²) in [7, 11) is 0. The molecule has 0 aliphatic heterocycles. The molecule has 4 heteroatoms. The van der Waals surface area contributed by atoms with Crippen LogP contribution in [-0.4, -0.2) is 16.5 Å². The number of nitrogen functional groups attached to an aromatic ring is 1. The summed E-state index contributed by atoms with van der Waals surface area (Å²) in [4.78, 5) is 8.78. The van der Waals surface area contributed by atoms with Gasteiger partial charge in [-0.05, 0) is 30.5 Å². The topological polar surface area (TPSA) is 63.8 Å². The highest BCUT2D eigenvalue weighted by molar-refractivity contribution is 5.88. The van der Waals surface area contributed by atoms with Gasteiger partial charge in [0, 0.05) is 11.9 Å². The van der Waals surface area contributed by atoms with Crippen molar-refractivity contribution in [1.82, 2.24) is 9.97 Å². The molecule has 0 saturated carbocycles. The van der Waals surface area contributed by atoms with E-state index in [-0.39, 0.29) is 0 Å². The Morgan fingerprint density at radius 3 is 2.52 bits per heavy atom. The first kappa shape index (κ1) is 13.4. The Hall–Kier alpha value is -2.62. The van der Waals surface area contributed by atoms with Crippen LogP contribution in [0.1, 0.15) is 12.0 Å². The molecule has 0 aliphatic carbocycles. The number of nitrogens with two attached hydrogens (primary N) is 1. The second kappa shape index (κ2) is 6.22. The lowest BCUT2D eigenvalue weighted by Crippen LogP contribution is -2.08. The highest BCUT2D eigenvalue weighted by atomic mass is 15.1. The van der Waals surface area contributed by atoms with Gasteiger partial charge in [-0.1, -0.05) is 42.5 Å². The van der Waals surface area contributed by atoms with E-state index in [1.165, 1.54) is 5.56 Å². The van der Waals surface area contributed by atoms with Crippen molar-refractivity contribution in [2.45, 2.75) is 12.8 Å². The van der Waals surface area contributed by atoms with E-state index in [2.05, 4.69) is 39.6 Å². The van der Waals surface area contributed by atoms with E-state index in [0.717, 1.165) is 30.3 Å². The number of nitrogens with one attached hydrogen (secondary N) is 1. The minimum atomic E-state index is 0.520. The van der Waals surface area contributed by atoms with Crippen LogP contribution >= 0.6 is 0 Å². The van der Waals surface area contributed by atoms with Crippen molar-refractivity contribution < 1.29 is 0 Å². The molecular weight excluding hydrogens is 260 g/mol.